The van der Waals surface area contributed by atoms with E-state index in [4.69, 9.17) is 4.74 Å². The summed E-state index contributed by atoms with van der Waals surface area (Å²) in [6, 6.07) is 0. The number of thiazole rings is 1. The fourth-order valence-corrected chi connectivity index (χ4v) is 3.77. The van der Waals surface area contributed by atoms with E-state index < -0.39 is 0 Å². The molecule has 1 amide bonds. The lowest BCUT2D eigenvalue weighted by atomic mass is 9.86. The lowest BCUT2D eigenvalue weighted by Crippen LogP contribution is -2.14. The Kier molecular flexibility index (Phi) is 6.57. The van der Waals surface area contributed by atoms with E-state index in [9.17, 15) is 9.59 Å². The Morgan fingerprint density at radius 1 is 1.30 bits per heavy atom. The molecule has 0 aliphatic heterocycles. The first-order chi connectivity index (χ1) is 11.0. The van der Waals surface area contributed by atoms with E-state index in [1.807, 2.05) is 13.8 Å². The van der Waals surface area contributed by atoms with E-state index in [-0.39, 0.29) is 18.0 Å². The van der Waals surface area contributed by atoms with Gasteiger partial charge in [0.2, 0.25) is 5.91 Å². The normalized spacial score (nSPS) is 15.7. The van der Waals surface area contributed by atoms with Crippen LogP contribution in [0.5, 0.6) is 0 Å². The molecule has 0 spiro atoms. The molecule has 1 fully saturated rings. The van der Waals surface area contributed by atoms with Gasteiger partial charge < -0.3 is 10.1 Å². The molecule has 128 valence electrons. The van der Waals surface area contributed by atoms with E-state index >= 15 is 0 Å². The Labute approximate surface area is 141 Å². The molecule has 2 rings (SSSR count). The van der Waals surface area contributed by atoms with Gasteiger partial charge in [0.15, 0.2) is 5.13 Å². The summed E-state index contributed by atoms with van der Waals surface area (Å²) >= 11 is 1.18. The average Bonchev–Trinajstić information content (AvgIpc) is 2.86. The zero-order valence-electron chi connectivity index (χ0n) is 14.2. The van der Waals surface area contributed by atoms with Crippen molar-refractivity contribution in [2.45, 2.75) is 71.8 Å². The zero-order chi connectivity index (χ0) is 16.8. The monoisotopic (exact) mass is 338 g/mol. The summed E-state index contributed by atoms with van der Waals surface area (Å²) in [7, 11) is 0. The number of aromatic nitrogens is 1. The highest BCUT2D eigenvalue weighted by atomic mass is 32.1. The fourth-order valence-electron chi connectivity index (χ4n) is 2.90. The molecule has 1 saturated carbocycles. The minimum Gasteiger partial charge on any atom is -0.459 e. The molecule has 0 atom stereocenters. The minimum absolute atomic E-state index is 0.0203. The Morgan fingerprint density at radius 2 is 2.00 bits per heavy atom. The van der Waals surface area contributed by atoms with Gasteiger partial charge in [0.25, 0.3) is 0 Å². The van der Waals surface area contributed by atoms with Crippen LogP contribution < -0.4 is 5.32 Å². The molecule has 0 bridgehead atoms. The van der Waals surface area contributed by atoms with Crippen molar-refractivity contribution >= 4 is 28.3 Å². The van der Waals surface area contributed by atoms with E-state index in [0.717, 1.165) is 6.42 Å². The van der Waals surface area contributed by atoms with Gasteiger partial charge in [-0.25, -0.2) is 9.78 Å². The number of aryl methyl sites for hydroxylation is 1. The van der Waals surface area contributed by atoms with Gasteiger partial charge in [-0.05, 0) is 33.1 Å². The molecule has 1 heterocycles. The third-order valence-corrected chi connectivity index (χ3v) is 5.13. The van der Waals surface area contributed by atoms with Crippen LogP contribution in [0.4, 0.5) is 5.13 Å². The number of rotatable bonds is 6. The quantitative estimate of drug-likeness (QED) is 0.785. The average molecular weight is 338 g/mol. The second-order valence-electron chi connectivity index (χ2n) is 6.48. The molecule has 1 aromatic heterocycles. The highest BCUT2D eigenvalue weighted by Crippen LogP contribution is 2.28. The number of esters is 1. The molecule has 0 saturated heterocycles. The van der Waals surface area contributed by atoms with Gasteiger partial charge in [0, 0.05) is 6.42 Å². The van der Waals surface area contributed by atoms with Crippen molar-refractivity contribution in [2.24, 2.45) is 5.92 Å². The number of anilines is 1. The number of hydrogen-bond donors (Lipinski definition) is 1. The summed E-state index contributed by atoms with van der Waals surface area (Å²) in [5, 5.41) is 3.29. The Balaban J connectivity index is 1.84. The molecule has 23 heavy (non-hydrogen) atoms. The third-order valence-electron chi connectivity index (χ3n) is 4.08. The van der Waals surface area contributed by atoms with Crippen LogP contribution in [0.15, 0.2) is 0 Å². The number of amides is 1. The van der Waals surface area contributed by atoms with Gasteiger partial charge in [-0.1, -0.05) is 43.4 Å². The standard InChI is InChI=1S/C17H26N2O3S/c1-11(2)22-16(21)15-12(3)18-17(23-15)19-14(20)10-9-13-7-5-4-6-8-13/h11,13H,4-10H2,1-3H3,(H,18,19,20). The topological polar surface area (TPSA) is 68.3 Å². The summed E-state index contributed by atoms with van der Waals surface area (Å²) in [4.78, 5) is 28.7. The van der Waals surface area contributed by atoms with Crippen LogP contribution in [0.3, 0.4) is 0 Å². The molecule has 5 nitrogen and oxygen atoms in total. The molecule has 0 aromatic carbocycles. The van der Waals surface area contributed by atoms with Crippen LogP contribution in [0, 0.1) is 12.8 Å². The second kappa shape index (κ2) is 8.43. The zero-order valence-corrected chi connectivity index (χ0v) is 15.0. The number of hydrogen-bond acceptors (Lipinski definition) is 5. The summed E-state index contributed by atoms with van der Waals surface area (Å²) in [5.74, 6) is 0.287. The van der Waals surface area contributed by atoms with Crippen LogP contribution >= 0.6 is 11.3 Å². The molecule has 0 radical (unpaired) electrons. The van der Waals surface area contributed by atoms with Gasteiger partial charge in [-0.3, -0.25) is 4.79 Å². The summed E-state index contributed by atoms with van der Waals surface area (Å²) in [6.45, 7) is 5.37. The van der Waals surface area contributed by atoms with Crippen molar-refractivity contribution in [3.63, 3.8) is 0 Å². The van der Waals surface area contributed by atoms with E-state index in [0.29, 0.717) is 28.0 Å². The van der Waals surface area contributed by atoms with Crippen LogP contribution in [-0.4, -0.2) is 23.0 Å². The van der Waals surface area contributed by atoms with Gasteiger partial charge in [0.05, 0.1) is 11.8 Å². The first-order valence-electron chi connectivity index (χ1n) is 8.44. The van der Waals surface area contributed by atoms with Crippen LogP contribution in [0.1, 0.15) is 74.2 Å². The van der Waals surface area contributed by atoms with Crippen LogP contribution in [-0.2, 0) is 9.53 Å². The summed E-state index contributed by atoms with van der Waals surface area (Å²) < 4.78 is 5.18. The molecule has 0 unspecified atom stereocenters. The van der Waals surface area contributed by atoms with E-state index in [2.05, 4.69) is 10.3 Å². The van der Waals surface area contributed by atoms with Gasteiger partial charge in [-0.2, -0.15) is 0 Å². The fraction of sp³-hybridized carbons (Fsp3) is 0.706. The first-order valence-corrected chi connectivity index (χ1v) is 9.25. The minimum atomic E-state index is -0.377. The molecule has 1 aliphatic rings. The van der Waals surface area contributed by atoms with Crippen molar-refractivity contribution in [3.05, 3.63) is 10.6 Å². The van der Waals surface area contributed by atoms with Crippen molar-refractivity contribution in [1.29, 1.82) is 0 Å². The number of nitrogens with zero attached hydrogens (tertiary/aromatic N) is 1. The second-order valence-corrected chi connectivity index (χ2v) is 7.48. The van der Waals surface area contributed by atoms with E-state index in [1.54, 1.807) is 6.92 Å². The number of nitrogens with one attached hydrogen (secondary N) is 1. The predicted molar refractivity (Wildman–Crippen MR) is 91.8 cm³/mol. The van der Waals surface area contributed by atoms with Crippen LogP contribution in [0.25, 0.3) is 0 Å². The highest BCUT2D eigenvalue weighted by molar-refractivity contribution is 7.17. The SMILES string of the molecule is Cc1nc(NC(=O)CCC2CCCCC2)sc1C(=O)OC(C)C. The van der Waals surface area contributed by atoms with Gasteiger partial charge >= 0.3 is 5.97 Å². The Morgan fingerprint density at radius 3 is 2.65 bits per heavy atom. The lowest BCUT2D eigenvalue weighted by molar-refractivity contribution is -0.116. The summed E-state index contributed by atoms with van der Waals surface area (Å²) in [5.41, 5.74) is 0.600. The molecule has 6 heteroatoms. The Bertz CT molecular complexity index is 548. The Hall–Kier alpha value is -1.43. The first kappa shape index (κ1) is 17.9. The summed E-state index contributed by atoms with van der Waals surface area (Å²) in [6.07, 6.45) is 7.70. The lowest BCUT2D eigenvalue weighted by Gasteiger charge is -2.20. The number of ether oxygens (including phenoxy) is 1. The number of carbonyl (C=O) groups is 2. The van der Waals surface area contributed by atoms with Crippen molar-refractivity contribution < 1.29 is 14.3 Å². The molecular formula is C17H26N2O3S. The highest BCUT2D eigenvalue weighted by Gasteiger charge is 2.19. The van der Waals surface area contributed by atoms with Crippen LogP contribution in [0.2, 0.25) is 0 Å². The third kappa shape index (κ3) is 5.61. The van der Waals surface area contributed by atoms with Gasteiger partial charge in [0.1, 0.15) is 4.88 Å². The van der Waals surface area contributed by atoms with Crippen molar-refractivity contribution in [2.75, 3.05) is 5.32 Å². The predicted octanol–water partition coefficient (Wildman–Crippen LogP) is 4.32. The number of carbonyl (C=O) groups excluding carboxylic acids is 2. The molecule has 1 aliphatic carbocycles. The molecule has 1 N–H and O–H groups in total. The molecule has 1 aromatic rings. The van der Waals surface area contributed by atoms with Crippen molar-refractivity contribution in [1.82, 2.24) is 4.98 Å². The maximum atomic E-state index is 12.1. The molecular weight excluding hydrogens is 312 g/mol. The van der Waals surface area contributed by atoms with E-state index in [1.165, 1.54) is 43.4 Å². The smallest absolute Gasteiger partial charge is 0.350 e. The largest absolute Gasteiger partial charge is 0.459 e. The van der Waals surface area contributed by atoms with Gasteiger partial charge in [-0.15, -0.1) is 0 Å². The van der Waals surface area contributed by atoms with Crippen molar-refractivity contribution in [3.8, 4) is 0 Å². The maximum Gasteiger partial charge on any atom is 0.350 e. The maximum absolute atomic E-state index is 12.1.